The van der Waals surface area contributed by atoms with E-state index in [9.17, 15) is 5.11 Å². The topological polar surface area (TPSA) is 50.7 Å². The number of thiophene rings is 1. The molecular formula is C24H23NO3S. The lowest BCUT2D eigenvalue weighted by Gasteiger charge is -2.37. The molecule has 0 fully saturated rings. The minimum absolute atomic E-state index is 0.111. The second kappa shape index (κ2) is 6.29. The molecule has 2 aliphatic heterocycles. The van der Waals surface area contributed by atoms with Gasteiger partial charge in [0.15, 0.2) is 17.6 Å². The molecule has 29 heavy (non-hydrogen) atoms. The fraction of sp³-hybridized carbons (Fsp3) is 0.250. The van der Waals surface area contributed by atoms with Crippen molar-refractivity contribution in [1.29, 1.82) is 0 Å². The van der Waals surface area contributed by atoms with E-state index < -0.39 is 0 Å². The van der Waals surface area contributed by atoms with Crippen LogP contribution in [-0.4, -0.2) is 17.8 Å². The second-order valence-corrected chi connectivity index (χ2v) is 9.11. The molecule has 3 aromatic rings. The quantitative estimate of drug-likeness (QED) is 0.531. The summed E-state index contributed by atoms with van der Waals surface area (Å²) in [5.74, 6) is 1.27. The summed E-state index contributed by atoms with van der Waals surface area (Å²) < 4.78 is 12.1. The number of hydrogen-bond acceptors (Lipinski definition) is 5. The maximum atomic E-state index is 10.4. The first-order chi connectivity index (χ1) is 13.9. The van der Waals surface area contributed by atoms with Crippen molar-refractivity contribution in [3.05, 3.63) is 63.9 Å². The van der Waals surface area contributed by atoms with E-state index >= 15 is 0 Å². The van der Waals surface area contributed by atoms with Gasteiger partial charge in [0.1, 0.15) is 5.75 Å². The minimum atomic E-state index is -0.215. The Morgan fingerprint density at radius 3 is 2.69 bits per heavy atom. The van der Waals surface area contributed by atoms with Crippen LogP contribution in [0.2, 0.25) is 0 Å². The number of fused-ring (bicyclic) bond motifs is 5. The van der Waals surface area contributed by atoms with Gasteiger partial charge in [-0.1, -0.05) is 18.2 Å². The Balaban J connectivity index is 1.85. The Morgan fingerprint density at radius 1 is 1.14 bits per heavy atom. The molecule has 0 aliphatic carbocycles. The lowest BCUT2D eigenvalue weighted by Crippen LogP contribution is -2.32. The summed E-state index contributed by atoms with van der Waals surface area (Å²) in [6, 6.07) is 11.8. The van der Waals surface area contributed by atoms with Crippen LogP contribution in [-0.2, 0) is 0 Å². The lowest BCUT2D eigenvalue weighted by atomic mass is 9.81. The van der Waals surface area contributed by atoms with Crippen LogP contribution in [0.15, 0.2) is 47.9 Å². The van der Waals surface area contributed by atoms with Crippen molar-refractivity contribution in [2.24, 2.45) is 0 Å². The maximum absolute atomic E-state index is 10.4. The normalized spacial score (nSPS) is 18.5. The molecule has 2 aliphatic rings. The SMILES string of the molecule is COc1c(O)ccc2c1-c1ccc3c(c1C(c1cccs1)O2)C(C)=CC(C)(C)N3. The predicted molar refractivity (Wildman–Crippen MR) is 118 cm³/mol. The first-order valence-corrected chi connectivity index (χ1v) is 10.5. The summed E-state index contributed by atoms with van der Waals surface area (Å²) in [5.41, 5.74) is 6.30. The number of methoxy groups -OCH3 is 1. The summed E-state index contributed by atoms with van der Waals surface area (Å²) in [6.45, 7) is 6.49. The van der Waals surface area contributed by atoms with Gasteiger partial charge < -0.3 is 19.9 Å². The van der Waals surface area contributed by atoms with Crippen molar-refractivity contribution in [2.45, 2.75) is 32.4 Å². The molecule has 1 unspecified atom stereocenters. The van der Waals surface area contributed by atoms with Gasteiger partial charge in [-0.3, -0.25) is 0 Å². The molecule has 148 valence electrons. The minimum Gasteiger partial charge on any atom is -0.504 e. The summed E-state index contributed by atoms with van der Waals surface area (Å²) in [6.07, 6.45) is 2.05. The van der Waals surface area contributed by atoms with E-state index in [1.54, 1.807) is 24.5 Å². The van der Waals surface area contributed by atoms with Gasteiger partial charge in [0.2, 0.25) is 0 Å². The third-order valence-corrected chi connectivity index (χ3v) is 6.47. The molecule has 1 atom stereocenters. The number of rotatable bonds is 2. The summed E-state index contributed by atoms with van der Waals surface area (Å²) in [7, 11) is 1.58. The van der Waals surface area contributed by atoms with E-state index in [-0.39, 0.29) is 17.4 Å². The first-order valence-electron chi connectivity index (χ1n) is 9.65. The first kappa shape index (κ1) is 18.1. The smallest absolute Gasteiger partial charge is 0.172 e. The summed E-state index contributed by atoms with van der Waals surface area (Å²) in [5, 5.41) is 16.1. The molecule has 4 nitrogen and oxygen atoms in total. The van der Waals surface area contributed by atoms with E-state index in [0.717, 1.165) is 38.6 Å². The van der Waals surface area contributed by atoms with Gasteiger partial charge in [-0.2, -0.15) is 0 Å². The van der Waals surface area contributed by atoms with E-state index in [1.165, 1.54) is 5.57 Å². The number of aromatic hydroxyl groups is 1. The van der Waals surface area contributed by atoms with Gasteiger partial charge in [-0.05, 0) is 61.6 Å². The van der Waals surface area contributed by atoms with Gasteiger partial charge >= 0.3 is 0 Å². The van der Waals surface area contributed by atoms with Gasteiger partial charge in [-0.15, -0.1) is 11.3 Å². The Bertz CT molecular complexity index is 1150. The number of phenols is 1. The molecule has 1 aromatic heterocycles. The highest BCUT2D eigenvalue weighted by Crippen LogP contribution is 2.55. The zero-order valence-electron chi connectivity index (χ0n) is 16.9. The number of allylic oxidation sites excluding steroid dienone is 1. The van der Waals surface area contributed by atoms with Gasteiger partial charge in [-0.25, -0.2) is 0 Å². The van der Waals surface area contributed by atoms with E-state index in [0.29, 0.717) is 5.75 Å². The Hall–Kier alpha value is -2.92. The van der Waals surface area contributed by atoms with Gasteiger partial charge in [0.25, 0.3) is 0 Å². The van der Waals surface area contributed by atoms with Crippen molar-refractivity contribution in [1.82, 2.24) is 0 Å². The fourth-order valence-corrected chi connectivity index (χ4v) is 5.34. The van der Waals surface area contributed by atoms with Gasteiger partial charge in [0.05, 0.1) is 18.2 Å². The molecule has 0 amide bonds. The maximum Gasteiger partial charge on any atom is 0.172 e. The molecule has 3 heterocycles. The third-order valence-electron chi connectivity index (χ3n) is 5.55. The fourth-order valence-electron chi connectivity index (χ4n) is 4.58. The summed E-state index contributed by atoms with van der Waals surface area (Å²) >= 11 is 1.69. The average Bonchev–Trinajstić information content (AvgIpc) is 3.20. The van der Waals surface area contributed by atoms with Crippen LogP contribution in [0.25, 0.3) is 16.7 Å². The predicted octanol–water partition coefficient (Wildman–Crippen LogP) is 6.22. The zero-order chi connectivity index (χ0) is 20.3. The van der Waals surface area contributed by atoms with Crippen molar-refractivity contribution < 1.29 is 14.6 Å². The van der Waals surface area contributed by atoms with Crippen LogP contribution in [0.1, 0.15) is 42.9 Å². The number of anilines is 1. The van der Waals surface area contributed by atoms with Gasteiger partial charge in [0, 0.05) is 21.7 Å². The van der Waals surface area contributed by atoms with Crippen molar-refractivity contribution in [3.63, 3.8) is 0 Å². The third kappa shape index (κ3) is 2.72. The van der Waals surface area contributed by atoms with E-state index in [4.69, 9.17) is 9.47 Å². The highest BCUT2D eigenvalue weighted by Gasteiger charge is 2.36. The molecule has 0 bridgehead atoms. The highest BCUT2D eigenvalue weighted by molar-refractivity contribution is 7.10. The number of nitrogens with one attached hydrogen (secondary N) is 1. The zero-order valence-corrected chi connectivity index (χ0v) is 17.7. The molecule has 0 saturated carbocycles. The standard InChI is InChI=1S/C24H23NO3S/c1-13-12-24(2,3)25-15-8-7-14-20-17(10-9-16(26)22(20)27-4)28-23(21(14)19(13)15)18-6-5-11-29-18/h5-12,23,25-26H,1-4H3. The van der Waals surface area contributed by atoms with Crippen LogP contribution < -0.4 is 14.8 Å². The van der Waals surface area contributed by atoms with Crippen molar-refractivity contribution >= 4 is 22.6 Å². The molecular weight excluding hydrogens is 382 g/mol. The molecule has 5 heteroatoms. The second-order valence-electron chi connectivity index (χ2n) is 8.13. The number of ether oxygens (including phenoxy) is 2. The van der Waals surface area contributed by atoms with Crippen LogP contribution in [0.5, 0.6) is 17.2 Å². The van der Waals surface area contributed by atoms with E-state index in [2.05, 4.69) is 61.8 Å². The Kier molecular flexibility index (Phi) is 3.93. The Labute approximate surface area is 174 Å². The van der Waals surface area contributed by atoms with E-state index in [1.807, 2.05) is 6.07 Å². The van der Waals surface area contributed by atoms with Crippen molar-refractivity contribution in [2.75, 3.05) is 12.4 Å². The molecule has 0 radical (unpaired) electrons. The highest BCUT2D eigenvalue weighted by atomic mass is 32.1. The number of benzene rings is 2. The molecule has 0 saturated heterocycles. The monoisotopic (exact) mass is 405 g/mol. The largest absolute Gasteiger partial charge is 0.504 e. The molecule has 0 spiro atoms. The average molecular weight is 406 g/mol. The van der Waals surface area contributed by atoms with Crippen molar-refractivity contribution in [3.8, 4) is 28.4 Å². The Morgan fingerprint density at radius 2 is 1.97 bits per heavy atom. The molecule has 2 N–H and O–H groups in total. The van der Waals surface area contributed by atoms with Crippen LogP contribution in [0, 0.1) is 0 Å². The van der Waals surface area contributed by atoms with Crippen LogP contribution in [0.4, 0.5) is 5.69 Å². The van der Waals surface area contributed by atoms with Crippen LogP contribution in [0.3, 0.4) is 0 Å². The van der Waals surface area contributed by atoms with Crippen LogP contribution >= 0.6 is 11.3 Å². The lowest BCUT2D eigenvalue weighted by molar-refractivity contribution is 0.244. The molecule has 2 aromatic carbocycles. The molecule has 5 rings (SSSR count). The summed E-state index contributed by atoms with van der Waals surface area (Å²) in [4.78, 5) is 1.15. The number of phenolic OH excluding ortho intramolecular Hbond substituents is 1. The number of hydrogen-bond donors (Lipinski definition) is 2.